The molecule has 29 heavy (non-hydrogen) atoms. The van der Waals surface area contributed by atoms with E-state index in [0.717, 1.165) is 5.69 Å². The Morgan fingerprint density at radius 2 is 1.45 bits per heavy atom. The first-order valence-corrected chi connectivity index (χ1v) is 8.92. The van der Waals surface area contributed by atoms with Gasteiger partial charge < -0.3 is 15.0 Å². The van der Waals surface area contributed by atoms with Gasteiger partial charge in [-0.05, 0) is 54.6 Å². The second-order valence-electron chi connectivity index (χ2n) is 6.30. The lowest BCUT2D eigenvalue weighted by Gasteiger charge is -2.17. The van der Waals surface area contributed by atoms with Crippen LogP contribution in [0.25, 0.3) is 0 Å². The van der Waals surface area contributed by atoms with E-state index in [2.05, 4.69) is 10.1 Å². The van der Waals surface area contributed by atoms with Crippen LogP contribution in [0.5, 0.6) is 0 Å². The van der Waals surface area contributed by atoms with Crippen LogP contribution in [0.2, 0.25) is 0 Å². The van der Waals surface area contributed by atoms with Crippen molar-refractivity contribution >= 4 is 29.2 Å². The van der Waals surface area contributed by atoms with Gasteiger partial charge in [-0.1, -0.05) is 24.3 Å². The summed E-state index contributed by atoms with van der Waals surface area (Å²) in [4.78, 5) is 38.3. The van der Waals surface area contributed by atoms with E-state index >= 15 is 0 Å². The molecule has 0 heterocycles. The molecular weight excluding hydrogens is 368 g/mol. The quantitative estimate of drug-likeness (QED) is 0.671. The number of carbonyl (C=O) groups is 3. The molecule has 3 rings (SSSR count). The number of amides is 2. The molecule has 0 aromatic heterocycles. The van der Waals surface area contributed by atoms with Crippen LogP contribution in [0.4, 0.5) is 11.4 Å². The maximum Gasteiger partial charge on any atom is 0.337 e. The molecule has 2 amide bonds. The molecule has 0 saturated carbocycles. The molecule has 6 nitrogen and oxygen atoms in total. The second kappa shape index (κ2) is 8.84. The number of benzene rings is 3. The minimum absolute atomic E-state index is 0.185. The van der Waals surface area contributed by atoms with Crippen LogP contribution in [0.15, 0.2) is 78.9 Å². The van der Waals surface area contributed by atoms with E-state index in [1.165, 1.54) is 19.2 Å². The second-order valence-corrected chi connectivity index (χ2v) is 6.30. The molecule has 146 valence electrons. The summed E-state index contributed by atoms with van der Waals surface area (Å²) in [5.41, 5.74) is 2.48. The van der Waals surface area contributed by atoms with Gasteiger partial charge in [0.1, 0.15) is 0 Å². The number of rotatable bonds is 5. The Bertz CT molecular complexity index is 1030. The highest BCUT2D eigenvalue weighted by molar-refractivity contribution is 6.08. The fourth-order valence-corrected chi connectivity index (χ4v) is 2.77. The lowest BCUT2D eigenvalue weighted by molar-refractivity contribution is 0.0600. The highest BCUT2D eigenvalue weighted by Gasteiger charge is 2.15. The number of ether oxygens (including phenoxy) is 1. The van der Waals surface area contributed by atoms with Gasteiger partial charge in [0.2, 0.25) is 0 Å². The molecule has 0 saturated heterocycles. The van der Waals surface area contributed by atoms with Gasteiger partial charge in [0.15, 0.2) is 0 Å². The summed E-state index contributed by atoms with van der Waals surface area (Å²) in [7, 11) is 3.00. The molecule has 0 aliphatic rings. The molecule has 0 unspecified atom stereocenters. The number of methoxy groups -OCH3 is 1. The summed E-state index contributed by atoms with van der Waals surface area (Å²) in [5, 5.41) is 2.77. The third kappa shape index (κ3) is 4.68. The number of para-hydroxylation sites is 1. The van der Waals surface area contributed by atoms with Crippen molar-refractivity contribution in [2.75, 3.05) is 24.4 Å². The van der Waals surface area contributed by atoms with E-state index in [1.807, 2.05) is 30.3 Å². The van der Waals surface area contributed by atoms with Crippen LogP contribution in [-0.4, -0.2) is 31.9 Å². The predicted molar refractivity (Wildman–Crippen MR) is 111 cm³/mol. The maximum atomic E-state index is 12.8. The lowest BCUT2D eigenvalue weighted by atomic mass is 10.1. The number of carbonyl (C=O) groups excluding carboxylic acids is 3. The zero-order chi connectivity index (χ0) is 20.8. The first-order chi connectivity index (χ1) is 14.0. The highest BCUT2D eigenvalue weighted by atomic mass is 16.5. The van der Waals surface area contributed by atoms with Gasteiger partial charge in [0.25, 0.3) is 11.8 Å². The molecule has 0 spiro atoms. The van der Waals surface area contributed by atoms with Crippen LogP contribution in [0.1, 0.15) is 31.1 Å². The average molecular weight is 388 g/mol. The van der Waals surface area contributed by atoms with Crippen molar-refractivity contribution in [3.05, 3.63) is 95.6 Å². The summed E-state index contributed by atoms with van der Waals surface area (Å²) in [6.07, 6.45) is 0. The van der Waals surface area contributed by atoms with Gasteiger partial charge in [0, 0.05) is 29.5 Å². The van der Waals surface area contributed by atoms with Crippen molar-refractivity contribution in [3.8, 4) is 0 Å². The van der Waals surface area contributed by atoms with Gasteiger partial charge in [-0.25, -0.2) is 4.79 Å². The van der Waals surface area contributed by atoms with Crippen molar-refractivity contribution in [1.82, 2.24) is 0 Å². The van der Waals surface area contributed by atoms with Crippen molar-refractivity contribution in [3.63, 3.8) is 0 Å². The Kier molecular flexibility index (Phi) is 6.04. The van der Waals surface area contributed by atoms with E-state index in [4.69, 9.17) is 0 Å². The molecular formula is C23H20N2O4. The number of esters is 1. The average Bonchev–Trinajstić information content (AvgIpc) is 2.78. The third-order valence-corrected chi connectivity index (χ3v) is 4.38. The number of hydrogen-bond donors (Lipinski definition) is 1. The summed E-state index contributed by atoms with van der Waals surface area (Å²) in [5.74, 6) is -0.997. The van der Waals surface area contributed by atoms with Crippen LogP contribution < -0.4 is 10.2 Å². The fourth-order valence-electron chi connectivity index (χ4n) is 2.77. The molecule has 0 radical (unpaired) electrons. The number of anilines is 2. The maximum absolute atomic E-state index is 12.8. The third-order valence-electron chi connectivity index (χ3n) is 4.38. The minimum atomic E-state index is -0.467. The summed E-state index contributed by atoms with van der Waals surface area (Å²) >= 11 is 0. The van der Waals surface area contributed by atoms with Gasteiger partial charge >= 0.3 is 5.97 Å². The molecule has 0 aliphatic carbocycles. The van der Waals surface area contributed by atoms with E-state index < -0.39 is 5.97 Å². The van der Waals surface area contributed by atoms with Crippen LogP contribution in [-0.2, 0) is 4.74 Å². The Labute approximate surface area is 168 Å². The molecule has 1 N–H and O–H groups in total. The van der Waals surface area contributed by atoms with Crippen molar-refractivity contribution in [2.45, 2.75) is 0 Å². The van der Waals surface area contributed by atoms with Crippen molar-refractivity contribution < 1.29 is 19.1 Å². The lowest BCUT2D eigenvalue weighted by Crippen LogP contribution is -2.26. The first-order valence-electron chi connectivity index (χ1n) is 8.92. The number of hydrogen-bond acceptors (Lipinski definition) is 4. The molecule has 0 bridgehead atoms. The van der Waals surface area contributed by atoms with E-state index in [0.29, 0.717) is 22.4 Å². The zero-order valence-corrected chi connectivity index (χ0v) is 16.1. The monoisotopic (exact) mass is 388 g/mol. The predicted octanol–water partition coefficient (Wildman–Crippen LogP) is 4.00. The van der Waals surface area contributed by atoms with E-state index in [9.17, 15) is 14.4 Å². The van der Waals surface area contributed by atoms with Crippen LogP contribution in [0, 0.1) is 0 Å². The Morgan fingerprint density at radius 3 is 2.10 bits per heavy atom. The number of nitrogens with one attached hydrogen (secondary N) is 1. The standard InChI is InChI=1S/C23H20N2O4/c1-25(20-9-4-3-5-10-20)22(27)18-7-6-8-19(15-18)24-21(26)16-11-13-17(14-12-16)23(28)29-2/h3-15H,1-2H3,(H,24,26). The van der Waals surface area contributed by atoms with Gasteiger partial charge in [-0.15, -0.1) is 0 Å². The molecule has 3 aromatic rings. The van der Waals surface area contributed by atoms with E-state index in [1.54, 1.807) is 48.3 Å². The minimum Gasteiger partial charge on any atom is -0.465 e. The Morgan fingerprint density at radius 1 is 0.793 bits per heavy atom. The molecule has 3 aromatic carbocycles. The normalized spacial score (nSPS) is 10.1. The summed E-state index contributed by atoms with van der Waals surface area (Å²) in [6.45, 7) is 0. The summed E-state index contributed by atoms with van der Waals surface area (Å²) in [6, 6.07) is 22.2. The fraction of sp³-hybridized carbons (Fsp3) is 0.0870. The summed E-state index contributed by atoms with van der Waals surface area (Å²) < 4.78 is 4.64. The number of nitrogens with zero attached hydrogens (tertiary/aromatic N) is 1. The van der Waals surface area contributed by atoms with Crippen molar-refractivity contribution in [1.29, 1.82) is 0 Å². The Hall–Kier alpha value is -3.93. The molecule has 0 aliphatic heterocycles. The van der Waals surface area contributed by atoms with E-state index in [-0.39, 0.29) is 11.8 Å². The van der Waals surface area contributed by atoms with Crippen molar-refractivity contribution in [2.24, 2.45) is 0 Å². The van der Waals surface area contributed by atoms with Gasteiger partial charge in [-0.2, -0.15) is 0 Å². The first kappa shape index (κ1) is 19.8. The molecule has 6 heteroatoms. The SMILES string of the molecule is COC(=O)c1ccc(C(=O)Nc2cccc(C(=O)N(C)c3ccccc3)c2)cc1. The Balaban J connectivity index is 1.73. The van der Waals surface area contributed by atoms with Gasteiger partial charge in [0.05, 0.1) is 12.7 Å². The molecule has 0 atom stereocenters. The smallest absolute Gasteiger partial charge is 0.337 e. The zero-order valence-electron chi connectivity index (χ0n) is 16.1. The highest BCUT2D eigenvalue weighted by Crippen LogP contribution is 2.18. The molecule has 0 fully saturated rings. The topological polar surface area (TPSA) is 75.7 Å². The van der Waals surface area contributed by atoms with Crippen LogP contribution in [0.3, 0.4) is 0 Å². The largest absolute Gasteiger partial charge is 0.465 e. The van der Waals surface area contributed by atoms with Crippen LogP contribution >= 0.6 is 0 Å². The van der Waals surface area contributed by atoms with Gasteiger partial charge in [-0.3, -0.25) is 9.59 Å².